The summed E-state index contributed by atoms with van der Waals surface area (Å²) in [5, 5.41) is 15.0. The van der Waals surface area contributed by atoms with E-state index in [1.807, 2.05) is 51.1 Å². The van der Waals surface area contributed by atoms with Crippen molar-refractivity contribution in [3.63, 3.8) is 0 Å². The monoisotopic (exact) mass is 469 g/mol. The largest absolute Gasteiger partial charge is 0.490 e. The van der Waals surface area contributed by atoms with E-state index in [0.29, 0.717) is 35.0 Å². The predicted molar refractivity (Wildman–Crippen MR) is 136 cm³/mol. The van der Waals surface area contributed by atoms with Crippen LogP contribution in [0.1, 0.15) is 23.6 Å². The van der Waals surface area contributed by atoms with Gasteiger partial charge in [0, 0.05) is 11.4 Å². The van der Waals surface area contributed by atoms with Crippen molar-refractivity contribution < 1.29 is 19.1 Å². The van der Waals surface area contributed by atoms with Gasteiger partial charge >= 0.3 is 0 Å². The van der Waals surface area contributed by atoms with E-state index in [0.717, 1.165) is 11.1 Å². The van der Waals surface area contributed by atoms with Crippen LogP contribution in [0.15, 0.2) is 72.3 Å². The van der Waals surface area contributed by atoms with E-state index in [-0.39, 0.29) is 18.1 Å². The molecule has 178 valence electrons. The number of rotatable bonds is 9. The summed E-state index contributed by atoms with van der Waals surface area (Å²) in [5.74, 6) is -0.0310. The first-order valence-corrected chi connectivity index (χ1v) is 11.1. The van der Waals surface area contributed by atoms with Crippen molar-refractivity contribution in [2.24, 2.45) is 0 Å². The summed E-state index contributed by atoms with van der Waals surface area (Å²) < 4.78 is 11.3. The lowest BCUT2D eigenvalue weighted by molar-refractivity contribution is -0.118. The summed E-state index contributed by atoms with van der Waals surface area (Å²) in [6.45, 7) is 5.98. The number of hydrogen-bond acceptors (Lipinski definition) is 5. The summed E-state index contributed by atoms with van der Waals surface area (Å²) in [5.41, 5.74) is 4.05. The standard InChI is InChI=1S/C28H27N3O4/c1-4-34-26-16-21(15-22(17-29)28(33)31-23-8-6-5-7-9-23)11-13-25(26)35-18-27(32)30-24-12-10-19(2)20(3)14-24/h5-16H,4,18H2,1-3H3,(H,30,32)(H,31,33)/b22-15+. The van der Waals surface area contributed by atoms with Crippen LogP contribution in [0.3, 0.4) is 0 Å². The van der Waals surface area contributed by atoms with Crippen molar-refractivity contribution >= 4 is 29.3 Å². The van der Waals surface area contributed by atoms with E-state index in [1.54, 1.807) is 42.5 Å². The number of carbonyl (C=O) groups is 2. The summed E-state index contributed by atoms with van der Waals surface area (Å²) in [7, 11) is 0. The smallest absolute Gasteiger partial charge is 0.266 e. The molecule has 0 radical (unpaired) electrons. The molecular formula is C28H27N3O4. The van der Waals surface area contributed by atoms with Gasteiger partial charge in [-0.05, 0) is 79.9 Å². The highest BCUT2D eigenvalue weighted by atomic mass is 16.5. The molecule has 0 aromatic heterocycles. The highest BCUT2D eigenvalue weighted by molar-refractivity contribution is 6.09. The zero-order chi connectivity index (χ0) is 25.2. The van der Waals surface area contributed by atoms with Crippen molar-refractivity contribution in [2.45, 2.75) is 20.8 Å². The van der Waals surface area contributed by atoms with Gasteiger partial charge in [-0.1, -0.05) is 30.3 Å². The molecule has 0 spiro atoms. The van der Waals surface area contributed by atoms with Crippen LogP contribution >= 0.6 is 0 Å². The molecule has 35 heavy (non-hydrogen) atoms. The number of nitrogens with zero attached hydrogens (tertiary/aromatic N) is 1. The Morgan fingerprint density at radius 3 is 2.34 bits per heavy atom. The van der Waals surface area contributed by atoms with Crippen LogP contribution in [0.5, 0.6) is 11.5 Å². The molecule has 0 saturated carbocycles. The fourth-order valence-electron chi connectivity index (χ4n) is 3.20. The molecule has 7 heteroatoms. The van der Waals surface area contributed by atoms with Crippen LogP contribution in [0, 0.1) is 25.2 Å². The Balaban J connectivity index is 1.70. The Hall–Kier alpha value is -4.57. The normalized spacial score (nSPS) is 10.7. The lowest BCUT2D eigenvalue weighted by Gasteiger charge is -2.13. The number of nitrogens with one attached hydrogen (secondary N) is 2. The Bertz CT molecular complexity index is 1280. The van der Waals surface area contributed by atoms with Gasteiger partial charge in [0.05, 0.1) is 6.61 Å². The first-order valence-electron chi connectivity index (χ1n) is 11.1. The zero-order valence-electron chi connectivity index (χ0n) is 19.9. The zero-order valence-corrected chi connectivity index (χ0v) is 19.9. The molecule has 0 unspecified atom stereocenters. The summed E-state index contributed by atoms with van der Waals surface area (Å²) in [6, 6.07) is 21.5. The van der Waals surface area contributed by atoms with Gasteiger partial charge in [-0.2, -0.15) is 5.26 Å². The third kappa shape index (κ3) is 7.21. The Labute approximate surface area is 205 Å². The molecule has 3 aromatic carbocycles. The van der Waals surface area contributed by atoms with Crippen molar-refractivity contribution in [2.75, 3.05) is 23.8 Å². The molecule has 0 aliphatic heterocycles. The number of carbonyl (C=O) groups excluding carboxylic acids is 2. The van der Waals surface area contributed by atoms with E-state index in [4.69, 9.17) is 9.47 Å². The van der Waals surface area contributed by atoms with Crippen LogP contribution in [-0.4, -0.2) is 25.0 Å². The van der Waals surface area contributed by atoms with Gasteiger partial charge in [-0.3, -0.25) is 9.59 Å². The Morgan fingerprint density at radius 1 is 0.886 bits per heavy atom. The van der Waals surface area contributed by atoms with Crippen molar-refractivity contribution in [1.29, 1.82) is 5.26 Å². The first kappa shape index (κ1) is 25.1. The fraction of sp³-hybridized carbons (Fsp3) is 0.179. The number of ether oxygens (including phenoxy) is 2. The highest BCUT2D eigenvalue weighted by Crippen LogP contribution is 2.29. The molecule has 2 amide bonds. The molecular weight excluding hydrogens is 442 g/mol. The lowest BCUT2D eigenvalue weighted by atomic mass is 10.1. The number of aryl methyl sites for hydroxylation is 2. The number of hydrogen-bond donors (Lipinski definition) is 2. The minimum atomic E-state index is -0.514. The van der Waals surface area contributed by atoms with E-state index in [1.165, 1.54) is 6.08 Å². The first-order chi connectivity index (χ1) is 16.9. The minimum absolute atomic E-state index is 0.0576. The summed E-state index contributed by atoms with van der Waals surface area (Å²) in [6.07, 6.45) is 1.47. The van der Waals surface area contributed by atoms with Crippen LogP contribution in [-0.2, 0) is 9.59 Å². The highest BCUT2D eigenvalue weighted by Gasteiger charge is 2.13. The summed E-state index contributed by atoms with van der Waals surface area (Å²) >= 11 is 0. The number of anilines is 2. The van der Waals surface area contributed by atoms with Crippen LogP contribution in [0.25, 0.3) is 6.08 Å². The van der Waals surface area contributed by atoms with Gasteiger partial charge in [0.1, 0.15) is 11.6 Å². The number of para-hydroxylation sites is 1. The van der Waals surface area contributed by atoms with Crippen LogP contribution in [0.2, 0.25) is 0 Å². The number of benzene rings is 3. The number of nitriles is 1. The second kappa shape index (κ2) is 12.1. The molecule has 0 aliphatic carbocycles. The van der Waals surface area contributed by atoms with Gasteiger partial charge in [0.25, 0.3) is 11.8 Å². The van der Waals surface area contributed by atoms with Crippen molar-refractivity contribution in [1.82, 2.24) is 0 Å². The molecule has 0 aliphatic rings. The van der Waals surface area contributed by atoms with Gasteiger partial charge in [-0.25, -0.2) is 0 Å². The van der Waals surface area contributed by atoms with Gasteiger partial charge < -0.3 is 20.1 Å². The molecule has 0 saturated heterocycles. The van der Waals surface area contributed by atoms with E-state index < -0.39 is 5.91 Å². The molecule has 7 nitrogen and oxygen atoms in total. The minimum Gasteiger partial charge on any atom is -0.490 e. The third-order valence-corrected chi connectivity index (χ3v) is 5.12. The van der Waals surface area contributed by atoms with E-state index in [2.05, 4.69) is 10.6 Å². The molecule has 0 atom stereocenters. The molecule has 2 N–H and O–H groups in total. The average molecular weight is 470 g/mol. The average Bonchev–Trinajstić information content (AvgIpc) is 2.85. The van der Waals surface area contributed by atoms with Crippen molar-refractivity contribution in [3.8, 4) is 17.6 Å². The second-order valence-corrected chi connectivity index (χ2v) is 7.77. The number of amides is 2. The SMILES string of the molecule is CCOc1cc(/C=C(\C#N)C(=O)Nc2ccccc2)ccc1OCC(=O)Nc1ccc(C)c(C)c1. The molecule has 0 heterocycles. The third-order valence-electron chi connectivity index (χ3n) is 5.12. The topological polar surface area (TPSA) is 100 Å². The maximum atomic E-state index is 12.5. The Morgan fingerprint density at radius 2 is 1.66 bits per heavy atom. The van der Waals surface area contributed by atoms with E-state index in [9.17, 15) is 14.9 Å². The van der Waals surface area contributed by atoms with Crippen molar-refractivity contribution in [3.05, 3.63) is 89.0 Å². The van der Waals surface area contributed by atoms with Gasteiger partial charge in [0.2, 0.25) is 0 Å². The quantitative estimate of drug-likeness (QED) is 0.329. The lowest BCUT2D eigenvalue weighted by Crippen LogP contribution is -2.20. The van der Waals surface area contributed by atoms with E-state index >= 15 is 0 Å². The van der Waals surface area contributed by atoms with Gasteiger partial charge in [0.15, 0.2) is 18.1 Å². The predicted octanol–water partition coefficient (Wildman–Crippen LogP) is 5.27. The molecule has 3 rings (SSSR count). The van der Waals surface area contributed by atoms with Gasteiger partial charge in [-0.15, -0.1) is 0 Å². The summed E-state index contributed by atoms with van der Waals surface area (Å²) in [4.78, 5) is 24.9. The maximum Gasteiger partial charge on any atom is 0.266 e. The molecule has 0 fully saturated rings. The maximum absolute atomic E-state index is 12.5. The molecule has 0 bridgehead atoms. The van der Waals surface area contributed by atoms with Crippen LogP contribution in [0.4, 0.5) is 11.4 Å². The molecule has 3 aromatic rings. The Kier molecular flexibility index (Phi) is 8.63. The fourth-order valence-corrected chi connectivity index (χ4v) is 3.20. The second-order valence-electron chi connectivity index (χ2n) is 7.77. The van der Waals surface area contributed by atoms with Crippen LogP contribution < -0.4 is 20.1 Å².